The lowest BCUT2D eigenvalue weighted by Crippen LogP contribution is -2.29. The second-order valence-electron chi connectivity index (χ2n) is 4.19. The molecule has 1 amide bonds. The lowest BCUT2D eigenvalue weighted by atomic mass is 10.3. The van der Waals surface area contributed by atoms with Crippen molar-refractivity contribution in [3.05, 3.63) is 23.2 Å². The first-order valence-electron chi connectivity index (χ1n) is 5.45. The Kier molecular flexibility index (Phi) is 3.94. The van der Waals surface area contributed by atoms with E-state index >= 15 is 0 Å². The van der Waals surface area contributed by atoms with Gasteiger partial charge in [0, 0.05) is 30.7 Å². The van der Waals surface area contributed by atoms with Gasteiger partial charge < -0.3 is 9.64 Å². The van der Waals surface area contributed by atoms with Gasteiger partial charge in [-0.25, -0.2) is 8.42 Å². The number of rotatable bonds is 3. The Bertz CT molecular complexity index is 617. The maximum atomic E-state index is 11.7. The van der Waals surface area contributed by atoms with Crippen LogP contribution in [0.15, 0.2) is 23.1 Å². The maximum Gasteiger partial charge on any atom is 0.263 e. The molecule has 0 N–H and O–H groups in total. The van der Waals surface area contributed by atoms with Crippen LogP contribution in [0.4, 0.5) is 0 Å². The molecule has 1 saturated heterocycles. The summed E-state index contributed by atoms with van der Waals surface area (Å²) in [6.07, 6.45) is -0.0118. The van der Waals surface area contributed by atoms with E-state index in [0.29, 0.717) is 13.0 Å². The quantitative estimate of drug-likeness (QED) is 0.797. The SMILES string of the molecule is CN1CCC(Oc2ccc(S(=O)(=O)Cl)cc2Cl)C1=O. The van der Waals surface area contributed by atoms with Gasteiger partial charge in [0.15, 0.2) is 6.10 Å². The fraction of sp³-hybridized carbons (Fsp3) is 0.364. The van der Waals surface area contributed by atoms with Crippen LogP contribution >= 0.6 is 22.3 Å². The smallest absolute Gasteiger partial charge is 0.263 e. The molecule has 104 valence electrons. The van der Waals surface area contributed by atoms with Gasteiger partial charge in [-0.3, -0.25) is 4.79 Å². The number of nitrogens with zero attached hydrogens (tertiary/aromatic N) is 1. The zero-order valence-corrected chi connectivity index (χ0v) is 12.3. The number of hydrogen-bond donors (Lipinski definition) is 0. The molecular formula is C11H11Cl2NO4S. The molecule has 5 nitrogen and oxygen atoms in total. The Labute approximate surface area is 120 Å². The monoisotopic (exact) mass is 323 g/mol. The van der Waals surface area contributed by atoms with E-state index < -0.39 is 15.2 Å². The molecule has 0 saturated carbocycles. The third-order valence-electron chi connectivity index (χ3n) is 2.83. The van der Waals surface area contributed by atoms with Crippen molar-refractivity contribution >= 4 is 37.2 Å². The number of carbonyl (C=O) groups excluding carboxylic acids is 1. The van der Waals surface area contributed by atoms with Gasteiger partial charge in [-0.15, -0.1) is 0 Å². The summed E-state index contributed by atoms with van der Waals surface area (Å²) in [4.78, 5) is 13.1. The summed E-state index contributed by atoms with van der Waals surface area (Å²) in [5.41, 5.74) is 0. The van der Waals surface area contributed by atoms with Gasteiger partial charge in [0.1, 0.15) is 5.75 Å². The van der Waals surface area contributed by atoms with E-state index in [9.17, 15) is 13.2 Å². The summed E-state index contributed by atoms with van der Waals surface area (Å²) in [6.45, 7) is 0.620. The average molecular weight is 324 g/mol. The number of halogens is 2. The van der Waals surface area contributed by atoms with Crippen molar-refractivity contribution in [3.8, 4) is 5.75 Å². The Hall–Kier alpha value is -0.980. The van der Waals surface area contributed by atoms with Crippen LogP contribution in [0, 0.1) is 0 Å². The van der Waals surface area contributed by atoms with E-state index in [2.05, 4.69) is 0 Å². The minimum absolute atomic E-state index is 0.101. The molecule has 1 aliphatic heterocycles. The average Bonchev–Trinajstić information content (AvgIpc) is 2.62. The van der Waals surface area contributed by atoms with Crippen LogP contribution in [-0.2, 0) is 13.8 Å². The Morgan fingerprint density at radius 3 is 2.58 bits per heavy atom. The highest BCUT2D eigenvalue weighted by Crippen LogP contribution is 2.30. The number of likely N-dealkylation sites (N-methyl/N-ethyl adjacent to an activating group) is 1. The lowest BCUT2D eigenvalue weighted by molar-refractivity contribution is -0.132. The van der Waals surface area contributed by atoms with Crippen LogP contribution < -0.4 is 4.74 Å². The number of carbonyl (C=O) groups is 1. The molecule has 8 heteroatoms. The normalized spacial score (nSPS) is 19.8. The first kappa shape index (κ1) is 14.4. The fourth-order valence-electron chi connectivity index (χ4n) is 1.78. The topological polar surface area (TPSA) is 63.7 Å². The minimum atomic E-state index is -3.83. The standard InChI is InChI=1S/C11H11Cl2NO4S/c1-14-5-4-10(11(14)15)18-9-3-2-7(6-8(9)12)19(13,16)17/h2-3,6,10H,4-5H2,1H3. The Morgan fingerprint density at radius 2 is 2.11 bits per heavy atom. The van der Waals surface area contributed by atoms with Crippen LogP contribution in [-0.4, -0.2) is 38.9 Å². The van der Waals surface area contributed by atoms with Gasteiger partial charge in [0.25, 0.3) is 15.0 Å². The van der Waals surface area contributed by atoms with Crippen molar-refractivity contribution in [1.29, 1.82) is 0 Å². The third kappa shape index (κ3) is 3.13. The molecule has 1 aromatic rings. The van der Waals surface area contributed by atoms with Gasteiger partial charge in [0.05, 0.1) is 9.92 Å². The third-order valence-corrected chi connectivity index (χ3v) is 4.48. The minimum Gasteiger partial charge on any atom is -0.479 e. The maximum absolute atomic E-state index is 11.7. The van der Waals surface area contributed by atoms with Crippen molar-refractivity contribution in [2.24, 2.45) is 0 Å². The zero-order chi connectivity index (χ0) is 14.2. The Morgan fingerprint density at radius 1 is 1.42 bits per heavy atom. The van der Waals surface area contributed by atoms with Crippen molar-refractivity contribution in [2.75, 3.05) is 13.6 Å². The van der Waals surface area contributed by atoms with Crippen LogP contribution in [0.3, 0.4) is 0 Å². The van der Waals surface area contributed by atoms with E-state index in [4.69, 9.17) is 27.0 Å². The van der Waals surface area contributed by atoms with E-state index in [0.717, 1.165) is 0 Å². The molecule has 0 aliphatic carbocycles. The summed E-state index contributed by atoms with van der Waals surface area (Å²) in [7, 11) is 3.07. The highest BCUT2D eigenvalue weighted by Gasteiger charge is 2.31. The molecule has 1 unspecified atom stereocenters. The van der Waals surface area contributed by atoms with Crippen molar-refractivity contribution in [2.45, 2.75) is 17.4 Å². The van der Waals surface area contributed by atoms with Gasteiger partial charge >= 0.3 is 0 Å². The predicted molar refractivity (Wildman–Crippen MR) is 71.2 cm³/mol. The molecule has 0 bridgehead atoms. The lowest BCUT2D eigenvalue weighted by Gasteiger charge is -2.14. The predicted octanol–water partition coefficient (Wildman–Crippen LogP) is 1.88. The second kappa shape index (κ2) is 5.19. The number of likely N-dealkylation sites (tertiary alicyclic amines) is 1. The number of amides is 1. The van der Waals surface area contributed by atoms with Gasteiger partial charge in [-0.05, 0) is 18.2 Å². The molecule has 1 aromatic carbocycles. The molecule has 0 spiro atoms. The molecule has 0 aromatic heterocycles. The summed E-state index contributed by atoms with van der Waals surface area (Å²) >= 11 is 5.92. The van der Waals surface area contributed by atoms with Gasteiger partial charge in [-0.2, -0.15) is 0 Å². The van der Waals surface area contributed by atoms with Gasteiger partial charge in [0.2, 0.25) is 0 Å². The second-order valence-corrected chi connectivity index (χ2v) is 7.16. The van der Waals surface area contributed by atoms with Crippen molar-refractivity contribution < 1.29 is 17.9 Å². The fourth-order valence-corrected chi connectivity index (χ4v) is 2.85. The van der Waals surface area contributed by atoms with E-state index in [-0.39, 0.29) is 21.6 Å². The highest BCUT2D eigenvalue weighted by atomic mass is 35.7. The highest BCUT2D eigenvalue weighted by molar-refractivity contribution is 8.13. The molecule has 0 radical (unpaired) electrons. The van der Waals surface area contributed by atoms with Gasteiger partial charge in [-0.1, -0.05) is 11.6 Å². The van der Waals surface area contributed by atoms with E-state index in [1.54, 1.807) is 11.9 Å². The molecule has 19 heavy (non-hydrogen) atoms. The molecule has 2 rings (SSSR count). The van der Waals surface area contributed by atoms with Crippen LogP contribution in [0.1, 0.15) is 6.42 Å². The van der Waals surface area contributed by atoms with Crippen LogP contribution in [0.2, 0.25) is 5.02 Å². The number of ether oxygens (including phenoxy) is 1. The van der Waals surface area contributed by atoms with Crippen molar-refractivity contribution in [1.82, 2.24) is 4.90 Å². The van der Waals surface area contributed by atoms with E-state index in [1.807, 2.05) is 0 Å². The molecule has 1 atom stereocenters. The van der Waals surface area contributed by atoms with Crippen LogP contribution in [0.5, 0.6) is 5.75 Å². The van der Waals surface area contributed by atoms with Crippen LogP contribution in [0.25, 0.3) is 0 Å². The van der Waals surface area contributed by atoms with Crippen molar-refractivity contribution in [3.63, 3.8) is 0 Å². The molecule has 1 fully saturated rings. The summed E-state index contributed by atoms with van der Waals surface area (Å²) in [6, 6.07) is 3.87. The largest absolute Gasteiger partial charge is 0.479 e. The summed E-state index contributed by atoms with van der Waals surface area (Å²) in [5.74, 6) is 0.143. The summed E-state index contributed by atoms with van der Waals surface area (Å²) < 4.78 is 27.8. The van der Waals surface area contributed by atoms with E-state index in [1.165, 1.54) is 18.2 Å². The number of hydrogen-bond acceptors (Lipinski definition) is 4. The first-order valence-corrected chi connectivity index (χ1v) is 8.13. The number of benzene rings is 1. The Balaban J connectivity index is 2.21. The molecule has 1 heterocycles. The zero-order valence-electron chi connectivity index (χ0n) is 9.97. The molecular weight excluding hydrogens is 313 g/mol. The summed E-state index contributed by atoms with van der Waals surface area (Å²) in [5, 5.41) is 0.101. The first-order chi connectivity index (χ1) is 8.79. The molecule has 1 aliphatic rings.